The lowest BCUT2D eigenvalue weighted by Gasteiger charge is -2.21. The van der Waals surface area contributed by atoms with Crippen LogP contribution in [0.5, 0.6) is 0 Å². The van der Waals surface area contributed by atoms with Crippen molar-refractivity contribution in [3.05, 3.63) is 18.5 Å². The third-order valence-corrected chi connectivity index (χ3v) is 6.01. The van der Waals surface area contributed by atoms with E-state index >= 15 is 0 Å². The molecule has 0 bridgehead atoms. The summed E-state index contributed by atoms with van der Waals surface area (Å²) in [5, 5.41) is 12.7. The number of aromatic nitrogens is 3. The van der Waals surface area contributed by atoms with Crippen LogP contribution in [0.15, 0.2) is 17.8 Å². The number of nitrogens with zero attached hydrogens (tertiary/aromatic N) is 3. The first kappa shape index (κ1) is 16.6. The quantitative estimate of drug-likeness (QED) is 0.840. The molecule has 0 radical (unpaired) electrons. The van der Waals surface area contributed by atoms with Crippen molar-refractivity contribution < 1.29 is 4.79 Å². The number of amides is 1. The van der Waals surface area contributed by atoms with Gasteiger partial charge in [-0.15, -0.1) is 16.8 Å². The second kappa shape index (κ2) is 7.99. The molecule has 5 nitrogen and oxygen atoms in total. The SMILES string of the molecule is C=CCn1c(S[C@@H]2CCCCNC2=O)nnc1C1CCCCC1. The summed E-state index contributed by atoms with van der Waals surface area (Å²) in [7, 11) is 0. The summed E-state index contributed by atoms with van der Waals surface area (Å²) in [4.78, 5) is 12.2. The van der Waals surface area contributed by atoms with Gasteiger partial charge in [-0.05, 0) is 25.7 Å². The van der Waals surface area contributed by atoms with Crippen LogP contribution in [0.4, 0.5) is 0 Å². The lowest BCUT2D eigenvalue weighted by Crippen LogP contribution is -2.30. The van der Waals surface area contributed by atoms with Crippen LogP contribution in [0.25, 0.3) is 0 Å². The Morgan fingerprint density at radius 1 is 1.17 bits per heavy atom. The van der Waals surface area contributed by atoms with E-state index in [2.05, 4.69) is 26.7 Å². The van der Waals surface area contributed by atoms with Crippen molar-refractivity contribution in [3.8, 4) is 0 Å². The van der Waals surface area contributed by atoms with Crippen LogP contribution in [-0.4, -0.2) is 32.5 Å². The molecule has 126 valence electrons. The third-order valence-electron chi connectivity index (χ3n) is 4.76. The number of hydrogen-bond donors (Lipinski definition) is 1. The molecule has 0 unspecified atom stereocenters. The summed E-state index contributed by atoms with van der Waals surface area (Å²) < 4.78 is 2.17. The molecule has 0 spiro atoms. The molecule has 1 aromatic rings. The van der Waals surface area contributed by atoms with Gasteiger partial charge in [0.05, 0.1) is 5.25 Å². The molecule has 6 heteroatoms. The Hall–Kier alpha value is -1.30. The molecule has 1 amide bonds. The number of hydrogen-bond acceptors (Lipinski definition) is 4. The van der Waals surface area contributed by atoms with Gasteiger partial charge < -0.3 is 9.88 Å². The molecule has 1 aliphatic heterocycles. The Bertz CT molecular complexity index is 551. The number of carbonyl (C=O) groups is 1. The average molecular weight is 334 g/mol. The fourth-order valence-electron chi connectivity index (χ4n) is 3.50. The highest BCUT2D eigenvalue weighted by molar-refractivity contribution is 8.00. The van der Waals surface area contributed by atoms with Crippen LogP contribution < -0.4 is 5.32 Å². The molecule has 1 aromatic heterocycles. The molecule has 1 saturated heterocycles. The zero-order valence-electron chi connectivity index (χ0n) is 13.7. The highest BCUT2D eigenvalue weighted by Crippen LogP contribution is 2.34. The maximum absolute atomic E-state index is 12.2. The minimum absolute atomic E-state index is 0.0514. The first-order valence-corrected chi connectivity index (χ1v) is 9.66. The van der Waals surface area contributed by atoms with Crippen molar-refractivity contribution in [1.82, 2.24) is 20.1 Å². The van der Waals surface area contributed by atoms with E-state index in [0.29, 0.717) is 5.92 Å². The lowest BCUT2D eigenvalue weighted by molar-refractivity contribution is -0.120. The Labute approximate surface area is 142 Å². The molecule has 1 saturated carbocycles. The van der Waals surface area contributed by atoms with E-state index in [1.54, 1.807) is 11.8 Å². The van der Waals surface area contributed by atoms with Gasteiger partial charge in [0.2, 0.25) is 5.91 Å². The Morgan fingerprint density at radius 3 is 2.74 bits per heavy atom. The molecule has 3 rings (SSSR count). The summed E-state index contributed by atoms with van der Waals surface area (Å²) in [5.74, 6) is 1.73. The van der Waals surface area contributed by atoms with E-state index in [1.807, 2.05) is 6.08 Å². The maximum atomic E-state index is 12.2. The van der Waals surface area contributed by atoms with E-state index in [-0.39, 0.29) is 11.2 Å². The van der Waals surface area contributed by atoms with Crippen molar-refractivity contribution in [1.29, 1.82) is 0 Å². The van der Waals surface area contributed by atoms with Crippen LogP contribution in [0.3, 0.4) is 0 Å². The van der Waals surface area contributed by atoms with Crippen LogP contribution in [0.2, 0.25) is 0 Å². The molecule has 2 aliphatic rings. The van der Waals surface area contributed by atoms with Crippen molar-refractivity contribution >= 4 is 17.7 Å². The summed E-state index contributed by atoms with van der Waals surface area (Å²) in [5.41, 5.74) is 0. The van der Waals surface area contributed by atoms with Gasteiger partial charge in [-0.25, -0.2) is 0 Å². The van der Waals surface area contributed by atoms with Crippen molar-refractivity contribution in [3.63, 3.8) is 0 Å². The molecule has 2 heterocycles. The second-order valence-corrected chi connectivity index (χ2v) is 7.64. The van der Waals surface area contributed by atoms with Crippen LogP contribution in [-0.2, 0) is 11.3 Å². The predicted octanol–water partition coefficient (Wildman–Crippen LogP) is 3.27. The van der Waals surface area contributed by atoms with Gasteiger partial charge in [0.15, 0.2) is 5.16 Å². The van der Waals surface area contributed by atoms with Crippen LogP contribution >= 0.6 is 11.8 Å². The fourth-order valence-corrected chi connectivity index (χ4v) is 4.61. The molecule has 1 N–H and O–H groups in total. The Kier molecular flexibility index (Phi) is 5.75. The first-order valence-electron chi connectivity index (χ1n) is 8.78. The fraction of sp³-hybridized carbons (Fsp3) is 0.706. The number of thioether (sulfide) groups is 1. The van der Waals surface area contributed by atoms with E-state index in [9.17, 15) is 4.79 Å². The standard InChI is InChI=1S/C17H26N4OS/c1-2-12-21-15(13-8-4-3-5-9-13)19-20-17(21)23-14-10-6-7-11-18-16(14)22/h2,13-14H,1,3-12H2,(H,18,22)/t14-/m1/s1. The van der Waals surface area contributed by atoms with Crippen LogP contribution in [0, 0.1) is 0 Å². The maximum Gasteiger partial charge on any atom is 0.233 e. The number of rotatable bonds is 5. The van der Waals surface area contributed by atoms with Gasteiger partial charge in [-0.2, -0.15) is 0 Å². The third kappa shape index (κ3) is 3.97. The number of carbonyl (C=O) groups excluding carboxylic acids is 1. The van der Waals surface area contributed by atoms with E-state index in [0.717, 1.165) is 43.3 Å². The average Bonchev–Trinajstić information content (AvgIpc) is 2.85. The molecule has 2 fully saturated rings. The van der Waals surface area contributed by atoms with Gasteiger partial charge in [0.25, 0.3) is 0 Å². The largest absolute Gasteiger partial charge is 0.355 e. The highest BCUT2D eigenvalue weighted by Gasteiger charge is 2.27. The van der Waals surface area contributed by atoms with Crippen molar-refractivity contribution in [2.45, 2.75) is 74.2 Å². The van der Waals surface area contributed by atoms with Gasteiger partial charge in [0, 0.05) is 19.0 Å². The van der Waals surface area contributed by atoms with Gasteiger partial charge in [0.1, 0.15) is 5.82 Å². The Balaban J connectivity index is 1.79. The highest BCUT2D eigenvalue weighted by atomic mass is 32.2. The zero-order chi connectivity index (χ0) is 16.1. The normalized spacial score (nSPS) is 23.3. The number of nitrogens with one attached hydrogen (secondary N) is 1. The van der Waals surface area contributed by atoms with Gasteiger partial charge >= 0.3 is 0 Å². The van der Waals surface area contributed by atoms with Gasteiger partial charge in [-0.1, -0.05) is 43.5 Å². The minimum Gasteiger partial charge on any atom is -0.355 e. The summed E-state index contributed by atoms with van der Waals surface area (Å²) in [6.45, 7) is 5.39. The second-order valence-electron chi connectivity index (χ2n) is 6.47. The molecule has 0 aromatic carbocycles. The molecule has 23 heavy (non-hydrogen) atoms. The smallest absolute Gasteiger partial charge is 0.233 e. The Morgan fingerprint density at radius 2 is 1.96 bits per heavy atom. The summed E-state index contributed by atoms with van der Waals surface area (Å²) in [6, 6.07) is 0. The summed E-state index contributed by atoms with van der Waals surface area (Å²) in [6.07, 6.45) is 11.2. The first-order chi connectivity index (χ1) is 11.3. The van der Waals surface area contributed by atoms with Crippen molar-refractivity contribution in [2.75, 3.05) is 6.54 Å². The number of allylic oxidation sites excluding steroid dienone is 1. The van der Waals surface area contributed by atoms with E-state index < -0.39 is 0 Å². The van der Waals surface area contributed by atoms with E-state index in [1.165, 1.54) is 32.1 Å². The lowest BCUT2D eigenvalue weighted by atomic mass is 9.89. The van der Waals surface area contributed by atoms with E-state index in [4.69, 9.17) is 0 Å². The monoisotopic (exact) mass is 334 g/mol. The topological polar surface area (TPSA) is 59.8 Å². The zero-order valence-corrected chi connectivity index (χ0v) is 14.5. The molecule has 1 atom stereocenters. The predicted molar refractivity (Wildman–Crippen MR) is 92.6 cm³/mol. The molecule has 1 aliphatic carbocycles. The van der Waals surface area contributed by atoms with Gasteiger partial charge in [-0.3, -0.25) is 4.79 Å². The van der Waals surface area contributed by atoms with Crippen molar-refractivity contribution in [2.24, 2.45) is 0 Å². The molecular formula is C17H26N4OS. The summed E-state index contributed by atoms with van der Waals surface area (Å²) >= 11 is 1.57. The van der Waals surface area contributed by atoms with Crippen LogP contribution in [0.1, 0.15) is 63.1 Å². The minimum atomic E-state index is -0.0514. The molecular weight excluding hydrogens is 308 g/mol.